The minimum absolute atomic E-state index is 0.0141. The molecule has 5 nitrogen and oxygen atoms in total. The van der Waals surface area contributed by atoms with Gasteiger partial charge in [-0.15, -0.1) is 11.3 Å². The van der Waals surface area contributed by atoms with E-state index in [0.29, 0.717) is 18.0 Å². The summed E-state index contributed by atoms with van der Waals surface area (Å²) < 4.78 is 8.59. The molecule has 1 aromatic carbocycles. The molecule has 0 bridgehead atoms. The Hall–Kier alpha value is -2.12. The zero-order valence-corrected chi connectivity index (χ0v) is 18.0. The van der Waals surface area contributed by atoms with E-state index in [9.17, 15) is 4.79 Å². The van der Waals surface area contributed by atoms with Crippen LogP contribution in [0.25, 0.3) is 0 Å². The molecule has 0 fully saturated rings. The van der Waals surface area contributed by atoms with Crippen molar-refractivity contribution in [1.82, 2.24) is 14.7 Å². The van der Waals surface area contributed by atoms with Gasteiger partial charge in [0.2, 0.25) is 0 Å². The molecule has 0 radical (unpaired) electrons. The van der Waals surface area contributed by atoms with Gasteiger partial charge >= 0.3 is 0 Å². The second-order valence-corrected chi connectivity index (χ2v) is 8.13. The number of halogens is 1. The Morgan fingerprint density at radius 3 is 2.89 bits per heavy atom. The number of hydrogen-bond donors (Lipinski definition) is 0. The van der Waals surface area contributed by atoms with Gasteiger partial charge in [0.25, 0.3) is 5.91 Å². The zero-order valence-electron chi connectivity index (χ0n) is 15.6. The molecule has 1 amide bonds. The molecule has 7 heteroatoms. The van der Waals surface area contributed by atoms with Crippen LogP contribution < -0.4 is 4.74 Å². The standard InChI is InChI=1S/C20H22BrN3O2S/c1-4-24-10-17(21)18(22-24)11-23(3)20(25)19-9-15(13-27-19)12-26-16-7-5-6-14(2)8-16/h5-10,13H,4,11-12H2,1-3H3. The number of nitrogens with zero attached hydrogens (tertiary/aromatic N) is 3. The Bertz CT molecular complexity index is 935. The van der Waals surface area contributed by atoms with Crippen molar-refractivity contribution in [3.8, 4) is 5.75 Å². The van der Waals surface area contributed by atoms with Gasteiger partial charge in [-0.1, -0.05) is 12.1 Å². The zero-order chi connectivity index (χ0) is 19.4. The number of aromatic nitrogens is 2. The van der Waals surface area contributed by atoms with Crippen molar-refractivity contribution in [3.05, 3.63) is 68.1 Å². The Morgan fingerprint density at radius 2 is 2.19 bits per heavy atom. The molecule has 2 heterocycles. The smallest absolute Gasteiger partial charge is 0.264 e. The molecule has 0 aliphatic heterocycles. The highest BCUT2D eigenvalue weighted by atomic mass is 79.9. The summed E-state index contributed by atoms with van der Waals surface area (Å²) in [6, 6.07) is 9.84. The van der Waals surface area contributed by atoms with E-state index >= 15 is 0 Å². The van der Waals surface area contributed by atoms with Gasteiger partial charge in [0, 0.05) is 25.4 Å². The van der Waals surface area contributed by atoms with Crippen molar-refractivity contribution in [2.45, 2.75) is 33.5 Å². The van der Waals surface area contributed by atoms with Gasteiger partial charge in [-0.25, -0.2) is 0 Å². The van der Waals surface area contributed by atoms with E-state index in [1.807, 2.05) is 60.4 Å². The van der Waals surface area contributed by atoms with Crippen LogP contribution >= 0.6 is 27.3 Å². The molecule has 3 rings (SSSR count). The summed E-state index contributed by atoms with van der Waals surface area (Å²) in [6.45, 7) is 5.77. The van der Waals surface area contributed by atoms with Crippen LogP contribution in [-0.4, -0.2) is 27.6 Å². The fourth-order valence-electron chi connectivity index (χ4n) is 2.63. The molecule has 0 saturated heterocycles. The number of rotatable bonds is 7. The van der Waals surface area contributed by atoms with E-state index in [1.165, 1.54) is 11.3 Å². The average molecular weight is 448 g/mol. The first-order chi connectivity index (χ1) is 13.0. The quantitative estimate of drug-likeness (QED) is 0.517. The summed E-state index contributed by atoms with van der Waals surface area (Å²) in [7, 11) is 1.79. The van der Waals surface area contributed by atoms with Crippen LogP contribution in [0.15, 0.2) is 46.4 Å². The van der Waals surface area contributed by atoms with Crippen molar-refractivity contribution < 1.29 is 9.53 Å². The number of hydrogen-bond acceptors (Lipinski definition) is 4. The summed E-state index contributed by atoms with van der Waals surface area (Å²) in [5.74, 6) is 0.822. The monoisotopic (exact) mass is 447 g/mol. The first-order valence-corrected chi connectivity index (χ1v) is 10.4. The molecular formula is C20H22BrN3O2S. The van der Waals surface area contributed by atoms with Gasteiger partial charge in [-0.05, 0) is 58.9 Å². The molecule has 0 atom stereocenters. The highest BCUT2D eigenvalue weighted by Crippen LogP contribution is 2.22. The van der Waals surface area contributed by atoms with Crippen molar-refractivity contribution in [2.24, 2.45) is 0 Å². The van der Waals surface area contributed by atoms with E-state index in [2.05, 4.69) is 21.0 Å². The fraction of sp³-hybridized carbons (Fsp3) is 0.300. The largest absolute Gasteiger partial charge is 0.489 e. The van der Waals surface area contributed by atoms with Crippen LogP contribution in [0.2, 0.25) is 0 Å². The fourth-order valence-corrected chi connectivity index (χ4v) is 3.96. The molecule has 0 unspecified atom stereocenters. The van der Waals surface area contributed by atoms with Gasteiger partial charge in [0.1, 0.15) is 12.4 Å². The lowest BCUT2D eigenvalue weighted by molar-refractivity contribution is 0.0787. The molecule has 0 aliphatic rings. The summed E-state index contributed by atoms with van der Waals surface area (Å²) in [4.78, 5) is 15.1. The SMILES string of the molecule is CCn1cc(Br)c(CN(C)C(=O)c2cc(COc3cccc(C)c3)cs2)n1. The van der Waals surface area contributed by atoms with Crippen LogP contribution in [-0.2, 0) is 19.7 Å². The third-order valence-corrected chi connectivity index (χ3v) is 5.73. The van der Waals surface area contributed by atoms with Crippen LogP contribution in [0.5, 0.6) is 5.75 Å². The molecule has 2 aromatic heterocycles. The number of benzene rings is 1. The maximum absolute atomic E-state index is 12.7. The number of amides is 1. The second kappa shape index (κ2) is 8.71. The van der Waals surface area contributed by atoms with Crippen molar-refractivity contribution >= 4 is 33.2 Å². The normalized spacial score (nSPS) is 10.8. The van der Waals surface area contributed by atoms with Crippen molar-refractivity contribution in [1.29, 1.82) is 0 Å². The van der Waals surface area contributed by atoms with Gasteiger partial charge < -0.3 is 9.64 Å². The maximum Gasteiger partial charge on any atom is 0.264 e. The summed E-state index contributed by atoms with van der Waals surface area (Å²) in [5.41, 5.74) is 3.01. The summed E-state index contributed by atoms with van der Waals surface area (Å²) >= 11 is 4.95. The third kappa shape index (κ3) is 4.99. The van der Waals surface area contributed by atoms with Crippen molar-refractivity contribution in [3.63, 3.8) is 0 Å². The van der Waals surface area contributed by atoms with Gasteiger partial charge in [0.15, 0.2) is 0 Å². The maximum atomic E-state index is 12.7. The molecular weight excluding hydrogens is 426 g/mol. The van der Waals surface area contributed by atoms with E-state index in [0.717, 1.165) is 33.6 Å². The lowest BCUT2D eigenvalue weighted by Gasteiger charge is -2.15. The van der Waals surface area contributed by atoms with E-state index in [4.69, 9.17) is 4.74 Å². The number of carbonyl (C=O) groups excluding carboxylic acids is 1. The van der Waals surface area contributed by atoms with E-state index in [-0.39, 0.29) is 5.91 Å². The Labute approximate surface area is 171 Å². The van der Waals surface area contributed by atoms with E-state index < -0.39 is 0 Å². The Kier molecular flexibility index (Phi) is 6.34. The summed E-state index contributed by atoms with van der Waals surface area (Å²) in [5, 5.41) is 6.45. The van der Waals surface area contributed by atoms with Crippen LogP contribution in [0.1, 0.15) is 33.4 Å². The third-order valence-electron chi connectivity index (χ3n) is 4.10. The van der Waals surface area contributed by atoms with Crippen molar-refractivity contribution in [2.75, 3.05) is 7.05 Å². The first kappa shape index (κ1) is 19.6. The molecule has 0 spiro atoms. The number of thiophene rings is 1. The first-order valence-electron chi connectivity index (χ1n) is 8.70. The molecule has 142 valence electrons. The van der Waals surface area contributed by atoms with E-state index in [1.54, 1.807) is 11.9 Å². The molecule has 0 saturated carbocycles. The lowest BCUT2D eigenvalue weighted by atomic mass is 10.2. The molecule has 27 heavy (non-hydrogen) atoms. The Balaban J connectivity index is 1.60. The number of ether oxygens (including phenoxy) is 1. The minimum atomic E-state index is -0.0141. The number of carbonyl (C=O) groups is 1. The van der Waals surface area contributed by atoms with Crippen LogP contribution in [0.4, 0.5) is 0 Å². The van der Waals surface area contributed by atoms with Gasteiger partial charge in [0.05, 0.1) is 21.6 Å². The highest BCUT2D eigenvalue weighted by molar-refractivity contribution is 9.10. The number of aryl methyl sites for hydroxylation is 2. The van der Waals surface area contributed by atoms with Crippen LogP contribution in [0, 0.1) is 6.92 Å². The van der Waals surface area contributed by atoms with Crippen LogP contribution in [0.3, 0.4) is 0 Å². The lowest BCUT2D eigenvalue weighted by Crippen LogP contribution is -2.25. The molecule has 0 N–H and O–H groups in total. The Morgan fingerprint density at radius 1 is 1.37 bits per heavy atom. The topological polar surface area (TPSA) is 47.4 Å². The second-order valence-electron chi connectivity index (χ2n) is 6.37. The predicted octanol–water partition coefficient (Wildman–Crippen LogP) is 4.89. The summed E-state index contributed by atoms with van der Waals surface area (Å²) in [6.07, 6.45) is 1.93. The minimum Gasteiger partial charge on any atom is -0.489 e. The van der Waals surface area contributed by atoms with Gasteiger partial charge in [-0.3, -0.25) is 9.48 Å². The molecule has 3 aromatic rings. The average Bonchev–Trinajstić information content (AvgIpc) is 3.26. The highest BCUT2D eigenvalue weighted by Gasteiger charge is 2.17. The molecule has 0 aliphatic carbocycles. The van der Waals surface area contributed by atoms with Gasteiger partial charge in [-0.2, -0.15) is 5.10 Å². The predicted molar refractivity (Wildman–Crippen MR) is 111 cm³/mol.